The molecule has 0 spiro atoms. The average Bonchev–Trinajstić information content (AvgIpc) is 3.01. The number of amides is 1. The van der Waals surface area contributed by atoms with E-state index in [9.17, 15) is 18.0 Å². The van der Waals surface area contributed by atoms with E-state index >= 15 is 0 Å². The molecular formula is C19H14F3N5O. The van der Waals surface area contributed by atoms with E-state index in [1.54, 1.807) is 36.4 Å². The minimum atomic E-state index is -4.57. The predicted octanol–water partition coefficient (Wildman–Crippen LogP) is 4.48. The first-order chi connectivity index (χ1) is 13.4. The molecule has 0 atom stereocenters. The predicted molar refractivity (Wildman–Crippen MR) is 98.8 cm³/mol. The van der Waals surface area contributed by atoms with Gasteiger partial charge in [-0.2, -0.15) is 13.2 Å². The maximum absolute atomic E-state index is 13.3. The van der Waals surface area contributed by atoms with Gasteiger partial charge >= 0.3 is 6.18 Å². The van der Waals surface area contributed by atoms with E-state index in [4.69, 9.17) is 0 Å². The van der Waals surface area contributed by atoms with Gasteiger partial charge in [0.05, 0.1) is 17.7 Å². The number of carbonyl (C=O) groups excluding carboxylic acids is 1. The van der Waals surface area contributed by atoms with Crippen LogP contribution >= 0.6 is 0 Å². The highest BCUT2D eigenvalue weighted by Gasteiger charge is 2.34. The van der Waals surface area contributed by atoms with Gasteiger partial charge in [-0.25, -0.2) is 9.97 Å². The van der Waals surface area contributed by atoms with Gasteiger partial charge in [-0.1, -0.05) is 6.07 Å². The number of rotatable bonds is 4. The van der Waals surface area contributed by atoms with Crippen LogP contribution in [0.3, 0.4) is 0 Å². The van der Waals surface area contributed by atoms with Crippen molar-refractivity contribution < 1.29 is 18.0 Å². The Labute approximate surface area is 157 Å². The number of alkyl halides is 3. The number of hydrogen-bond donors (Lipinski definition) is 3. The molecule has 0 radical (unpaired) electrons. The zero-order valence-electron chi connectivity index (χ0n) is 14.3. The second-order valence-corrected chi connectivity index (χ2v) is 6.17. The first-order valence-corrected chi connectivity index (χ1v) is 8.33. The van der Waals surface area contributed by atoms with Crippen LogP contribution in [-0.4, -0.2) is 15.9 Å². The van der Waals surface area contributed by atoms with Crippen molar-refractivity contribution in [2.75, 3.05) is 16.0 Å². The number of carbonyl (C=O) groups is 1. The number of aromatic nitrogens is 2. The van der Waals surface area contributed by atoms with E-state index in [1.807, 2.05) is 0 Å². The Bertz CT molecular complexity index is 1040. The summed E-state index contributed by atoms with van der Waals surface area (Å²) in [5, 5.41) is 8.39. The molecule has 3 N–H and O–H groups in total. The third-order valence-corrected chi connectivity index (χ3v) is 4.14. The first-order valence-electron chi connectivity index (χ1n) is 8.33. The summed E-state index contributed by atoms with van der Waals surface area (Å²) in [4.78, 5) is 19.3. The summed E-state index contributed by atoms with van der Waals surface area (Å²) in [5.41, 5.74) is 1.10. The normalized spacial score (nSPS) is 13.0. The van der Waals surface area contributed by atoms with E-state index in [2.05, 4.69) is 25.9 Å². The van der Waals surface area contributed by atoms with Gasteiger partial charge in [-0.15, -0.1) is 0 Å². The van der Waals surface area contributed by atoms with Crippen LogP contribution < -0.4 is 16.0 Å². The quantitative estimate of drug-likeness (QED) is 0.617. The third-order valence-electron chi connectivity index (χ3n) is 4.14. The summed E-state index contributed by atoms with van der Waals surface area (Å²) in [6.45, 7) is 0. The van der Waals surface area contributed by atoms with Gasteiger partial charge in [0.2, 0.25) is 5.91 Å². The number of fused-ring (bicyclic) bond motifs is 1. The van der Waals surface area contributed by atoms with Crippen molar-refractivity contribution in [1.29, 1.82) is 0 Å². The van der Waals surface area contributed by atoms with Gasteiger partial charge in [0, 0.05) is 29.8 Å². The van der Waals surface area contributed by atoms with E-state index < -0.39 is 11.7 Å². The molecule has 3 aromatic rings. The second-order valence-electron chi connectivity index (χ2n) is 6.17. The van der Waals surface area contributed by atoms with Crippen molar-refractivity contribution in [3.05, 3.63) is 66.0 Å². The Morgan fingerprint density at radius 3 is 2.61 bits per heavy atom. The van der Waals surface area contributed by atoms with Crippen LogP contribution in [0.4, 0.5) is 41.9 Å². The van der Waals surface area contributed by atoms with Gasteiger partial charge in [-0.05, 0) is 35.9 Å². The van der Waals surface area contributed by atoms with Crippen molar-refractivity contribution in [1.82, 2.24) is 9.97 Å². The molecule has 0 saturated heterocycles. The minimum absolute atomic E-state index is 0.0957. The van der Waals surface area contributed by atoms with Crippen molar-refractivity contribution in [3.8, 4) is 0 Å². The molecule has 6 nitrogen and oxygen atoms in total. The third kappa shape index (κ3) is 3.73. The lowest BCUT2D eigenvalue weighted by Crippen LogP contribution is -2.10. The standard InChI is InChI=1S/C19H14F3N5O/c20-19(21,22)13-10-24-17(9-15(13)26-16-3-1-2-6-23-16)25-12-4-5-14-11(7-12)8-18(28)27-14/h1-7,9-10H,8H2,(H,27,28)(H2,23,24,25,26). The lowest BCUT2D eigenvalue weighted by atomic mass is 10.1. The van der Waals surface area contributed by atoms with Gasteiger partial charge in [0.15, 0.2) is 0 Å². The molecule has 28 heavy (non-hydrogen) atoms. The smallest absolute Gasteiger partial charge is 0.340 e. The molecule has 0 saturated carbocycles. The highest BCUT2D eigenvalue weighted by Crippen LogP contribution is 2.37. The summed E-state index contributed by atoms with van der Waals surface area (Å²) in [6, 6.07) is 11.4. The maximum Gasteiger partial charge on any atom is 0.419 e. The zero-order chi connectivity index (χ0) is 19.7. The molecule has 1 aliphatic heterocycles. The number of benzene rings is 1. The molecular weight excluding hydrogens is 371 g/mol. The van der Waals surface area contributed by atoms with Crippen LogP contribution in [0.15, 0.2) is 54.9 Å². The molecule has 1 aliphatic rings. The molecule has 0 bridgehead atoms. The lowest BCUT2D eigenvalue weighted by molar-refractivity contribution is -0.137. The fourth-order valence-electron chi connectivity index (χ4n) is 2.88. The average molecular weight is 385 g/mol. The summed E-state index contributed by atoms with van der Waals surface area (Å²) in [6.07, 6.45) is -2.05. The highest BCUT2D eigenvalue weighted by molar-refractivity contribution is 5.99. The molecule has 4 rings (SSSR count). The molecule has 0 fully saturated rings. The second kappa shape index (κ2) is 6.84. The monoisotopic (exact) mass is 385 g/mol. The van der Waals surface area contributed by atoms with Crippen LogP contribution in [0.25, 0.3) is 0 Å². The molecule has 142 valence electrons. The summed E-state index contributed by atoms with van der Waals surface area (Å²) >= 11 is 0. The van der Waals surface area contributed by atoms with E-state index in [0.29, 0.717) is 5.69 Å². The summed E-state index contributed by atoms with van der Waals surface area (Å²) < 4.78 is 40.0. The Morgan fingerprint density at radius 2 is 1.86 bits per heavy atom. The highest BCUT2D eigenvalue weighted by atomic mass is 19.4. The van der Waals surface area contributed by atoms with E-state index in [-0.39, 0.29) is 29.7 Å². The molecule has 2 aromatic heterocycles. The first kappa shape index (κ1) is 17.8. The molecule has 3 heterocycles. The minimum Gasteiger partial charge on any atom is -0.340 e. The fraction of sp³-hybridized carbons (Fsp3) is 0.105. The van der Waals surface area contributed by atoms with Crippen LogP contribution in [-0.2, 0) is 17.4 Å². The zero-order valence-corrected chi connectivity index (χ0v) is 14.3. The molecule has 9 heteroatoms. The van der Waals surface area contributed by atoms with Crippen molar-refractivity contribution in [2.24, 2.45) is 0 Å². The van der Waals surface area contributed by atoms with Crippen molar-refractivity contribution in [3.63, 3.8) is 0 Å². The van der Waals surface area contributed by atoms with E-state index in [0.717, 1.165) is 17.4 Å². The van der Waals surface area contributed by atoms with Crippen LogP contribution in [0.5, 0.6) is 0 Å². The largest absolute Gasteiger partial charge is 0.419 e. The lowest BCUT2D eigenvalue weighted by Gasteiger charge is -2.16. The van der Waals surface area contributed by atoms with Crippen molar-refractivity contribution >= 4 is 34.6 Å². The van der Waals surface area contributed by atoms with Crippen LogP contribution in [0, 0.1) is 0 Å². The molecule has 0 aliphatic carbocycles. The van der Waals surface area contributed by atoms with Gasteiger partial charge < -0.3 is 16.0 Å². The molecule has 1 aromatic carbocycles. The fourth-order valence-corrected chi connectivity index (χ4v) is 2.88. The SMILES string of the molecule is O=C1Cc2cc(Nc3cc(Nc4ccccn4)c(C(F)(F)F)cn3)ccc2N1. The molecule has 1 amide bonds. The molecule has 0 unspecified atom stereocenters. The Balaban J connectivity index is 1.64. The number of pyridine rings is 2. The van der Waals surface area contributed by atoms with Gasteiger partial charge in [0.1, 0.15) is 11.6 Å². The summed E-state index contributed by atoms with van der Waals surface area (Å²) in [7, 11) is 0. The Morgan fingerprint density at radius 1 is 1.00 bits per heavy atom. The topological polar surface area (TPSA) is 78.9 Å². The number of nitrogens with one attached hydrogen (secondary N) is 3. The van der Waals surface area contributed by atoms with Crippen LogP contribution in [0.2, 0.25) is 0 Å². The Kier molecular flexibility index (Phi) is 4.34. The number of hydrogen-bond acceptors (Lipinski definition) is 5. The number of halogens is 3. The van der Waals surface area contributed by atoms with Crippen molar-refractivity contribution in [2.45, 2.75) is 12.6 Å². The summed E-state index contributed by atoms with van der Waals surface area (Å²) in [5.74, 6) is 0.414. The van der Waals surface area contributed by atoms with Gasteiger partial charge in [-0.3, -0.25) is 4.79 Å². The number of nitrogens with zero attached hydrogens (tertiary/aromatic N) is 2. The number of anilines is 5. The maximum atomic E-state index is 13.3. The van der Waals surface area contributed by atoms with Crippen LogP contribution in [0.1, 0.15) is 11.1 Å². The van der Waals surface area contributed by atoms with Gasteiger partial charge in [0.25, 0.3) is 0 Å². The Hall–Kier alpha value is -3.62. The van der Waals surface area contributed by atoms with E-state index in [1.165, 1.54) is 12.3 Å².